The Balaban J connectivity index is 1.82. The summed E-state index contributed by atoms with van der Waals surface area (Å²) in [4.78, 5) is 0. The smallest absolute Gasteiger partial charge is 0.119 e. The lowest BCUT2D eigenvalue weighted by Crippen LogP contribution is -2.14. The van der Waals surface area contributed by atoms with E-state index in [1.54, 1.807) is 7.11 Å². The van der Waals surface area contributed by atoms with Gasteiger partial charge in [0.05, 0.1) is 13.2 Å². The quantitative estimate of drug-likeness (QED) is 0.865. The van der Waals surface area contributed by atoms with Crippen LogP contribution >= 0.6 is 0 Å². The van der Waals surface area contributed by atoms with E-state index in [9.17, 15) is 5.11 Å². The molecule has 0 amide bonds. The van der Waals surface area contributed by atoms with Gasteiger partial charge in [0, 0.05) is 0 Å². The van der Waals surface area contributed by atoms with Crippen molar-refractivity contribution in [3.63, 3.8) is 0 Å². The van der Waals surface area contributed by atoms with Gasteiger partial charge < -0.3 is 9.84 Å². The molecule has 1 aliphatic rings. The fraction of sp³-hybridized carbons (Fsp3) is 0.368. The van der Waals surface area contributed by atoms with Crippen LogP contribution in [0.25, 0.3) is 0 Å². The number of aliphatic hydroxyl groups is 1. The average molecular weight is 282 g/mol. The second-order valence-corrected chi connectivity index (χ2v) is 5.85. The molecule has 2 nitrogen and oxygen atoms in total. The summed E-state index contributed by atoms with van der Waals surface area (Å²) in [7, 11) is 1.69. The lowest BCUT2D eigenvalue weighted by Gasteiger charge is -2.22. The van der Waals surface area contributed by atoms with Crippen LogP contribution in [0.3, 0.4) is 0 Å². The van der Waals surface area contributed by atoms with Crippen LogP contribution in [-0.4, -0.2) is 12.2 Å². The van der Waals surface area contributed by atoms with Crippen molar-refractivity contribution in [3.8, 4) is 5.75 Å². The molecular formula is C19H22O2. The Bertz CT molecular complexity index is 606. The molecule has 2 aromatic carbocycles. The highest BCUT2D eigenvalue weighted by molar-refractivity contribution is 5.32. The number of aryl methyl sites for hydroxylation is 1. The van der Waals surface area contributed by atoms with Crippen LogP contribution in [0.4, 0.5) is 0 Å². The first-order valence-corrected chi connectivity index (χ1v) is 7.66. The largest absolute Gasteiger partial charge is 0.497 e. The van der Waals surface area contributed by atoms with E-state index < -0.39 is 0 Å². The highest BCUT2D eigenvalue weighted by atomic mass is 16.5. The van der Waals surface area contributed by atoms with Crippen molar-refractivity contribution in [2.24, 2.45) is 5.92 Å². The predicted molar refractivity (Wildman–Crippen MR) is 84.5 cm³/mol. The topological polar surface area (TPSA) is 29.5 Å². The number of rotatable bonds is 3. The molecule has 0 saturated carbocycles. The van der Waals surface area contributed by atoms with Crippen LogP contribution in [-0.2, 0) is 12.8 Å². The van der Waals surface area contributed by atoms with Crippen molar-refractivity contribution in [3.05, 3.63) is 65.2 Å². The third kappa shape index (κ3) is 3.11. The van der Waals surface area contributed by atoms with Gasteiger partial charge in [-0.05, 0) is 60.4 Å². The summed E-state index contributed by atoms with van der Waals surface area (Å²) in [5.41, 5.74) is 3.65. The average Bonchev–Trinajstić information content (AvgIpc) is 2.68. The monoisotopic (exact) mass is 282 g/mol. The zero-order chi connectivity index (χ0) is 14.7. The summed E-state index contributed by atoms with van der Waals surface area (Å²) in [6, 6.07) is 16.5. The Morgan fingerprint density at radius 1 is 1.14 bits per heavy atom. The Hall–Kier alpha value is -1.80. The molecule has 0 fully saturated rings. The number of fused-ring (bicyclic) bond motifs is 1. The molecule has 2 atom stereocenters. The summed E-state index contributed by atoms with van der Waals surface area (Å²) in [6.07, 6.45) is 3.81. The normalized spacial score (nSPS) is 21.4. The van der Waals surface area contributed by atoms with E-state index in [0.29, 0.717) is 0 Å². The number of benzene rings is 2. The third-order valence-electron chi connectivity index (χ3n) is 4.47. The maximum Gasteiger partial charge on any atom is 0.119 e. The van der Waals surface area contributed by atoms with Crippen LogP contribution < -0.4 is 4.74 Å². The van der Waals surface area contributed by atoms with Gasteiger partial charge >= 0.3 is 0 Å². The van der Waals surface area contributed by atoms with Crippen molar-refractivity contribution in [2.75, 3.05) is 7.11 Å². The molecule has 0 bridgehead atoms. The van der Waals surface area contributed by atoms with E-state index in [4.69, 9.17) is 4.74 Å². The molecule has 3 rings (SSSR count). The number of hydrogen-bond acceptors (Lipinski definition) is 2. The maximum atomic E-state index is 10.8. The second kappa shape index (κ2) is 6.31. The Kier molecular flexibility index (Phi) is 4.26. The fourth-order valence-electron chi connectivity index (χ4n) is 3.33. The maximum absolute atomic E-state index is 10.8. The molecule has 0 radical (unpaired) electrons. The van der Waals surface area contributed by atoms with Crippen molar-refractivity contribution in [2.45, 2.75) is 31.8 Å². The van der Waals surface area contributed by atoms with E-state index in [2.05, 4.69) is 30.3 Å². The van der Waals surface area contributed by atoms with E-state index in [-0.39, 0.29) is 12.0 Å². The molecular weight excluding hydrogens is 260 g/mol. The minimum atomic E-state index is -0.366. The van der Waals surface area contributed by atoms with Gasteiger partial charge in [0.15, 0.2) is 0 Å². The van der Waals surface area contributed by atoms with E-state index in [1.807, 2.05) is 18.2 Å². The predicted octanol–water partition coefficient (Wildman–Crippen LogP) is 3.92. The molecule has 0 aromatic heterocycles. The first kappa shape index (κ1) is 14.2. The highest BCUT2D eigenvalue weighted by Gasteiger charge is 2.25. The lowest BCUT2D eigenvalue weighted by molar-refractivity contribution is 0.105. The number of hydrogen-bond donors (Lipinski definition) is 1. The number of aliphatic hydroxyl groups excluding tert-OH is 1. The fourth-order valence-corrected chi connectivity index (χ4v) is 3.33. The molecule has 1 N–H and O–H groups in total. The van der Waals surface area contributed by atoms with E-state index in [0.717, 1.165) is 37.0 Å². The summed E-state index contributed by atoms with van der Waals surface area (Å²) >= 11 is 0. The molecule has 1 aliphatic carbocycles. The number of methoxy groups -OCH3 is 1. The first-order valence-electron chi connectivity index (χ1n) is 7.66. The van der Waals surface area contributed by atoms with Gasteiger partial charge in [-0.25, -0.2) is 0 Å². The van der Waals surface area contributed by atoms with Crippen LogP contribution in [0, 0.1) is 5.92 Å². The zero-order valence-corrected chi connectivity index (χ0v) is 12.5. The molecule has 0 heterocycles. The highest BCUT2D eigenvalue weighted by Crippen LogP contribution is 2.35. The van der Waals surface area contributed by atoms with Crippen molar-refractivity contribution in [1.29, 1.82) is 0 Å². The SMILES string of the molecule is COc1cccc(C[C@@H]2CCCc3ccccc3[C@@H]2O)c1. The molecule has 2 aromatic rings. The summed E-state index contributed by atoms with van der Waals surface area (Å²) in [6.45, 7) is 0. The van der Waals surface area contributed by atoms with Crippen molar-refractivity contribution in [1.82, 2.24) is 0 Å². The van der Waals surface area contributed by atoms with Gasteiger partial charge in [-0.2, -0.15) is 0 Å². The Morgan fingerprint density at radius 3 is 2.86 bits per heavy atom. The molecule has 21 heavy (non-hydrogen) atoms. The van der Waals surface area contributed by atoms with E-state index in [1.165, 1.54) is 11.1 Å². The van der Waals surface area contributed by atoms with Gasteiger partial charge in [0.1, 0.15) is 5.75 Å². The summed E-state index contributed by atoms with van der Waals surface area (Å²) in [5.74, 6) is 1.16. The molecule has 0 spiro atoms. The molecule has 0 aliphatic heterocycles. The van der Waals surface area contributed by atoms with Crippen LogP contribution in [0.15, 0.2) is 48.5 Å². The molecule has 110 valence electrons. The standard InChI is InChI=1S/C19H22O2/c1-21-17-10-4-6-14(13-17)12-16-9-5-8-15-7-2-3-11-18(15)19(16)20/h2-4,6-7,10-11,13,16,19-20H,5,8-9,12H2,1H3/t16-,19+/m0/s1. The number of ether oxygens (including phenoxy) is 1. The minimum absolute atomic E-state index is 0.278. The minimum Gasteiger partial charge on any atom is -0.497 e. The lowest BCUT2D eigenvalue weighted by atomic mass is 9.88. The van der Waals surface area contributed by atoms with Gasteiger partial charge in [-0.3, -0.25) is 0 Å². The molecule has 0 saturated heterocycles. The molecule has 2 heteroatoms. The van der Waals surface area contributed by atoms with Crippen LogP contribution in [0.1, 0.15) is 35.6 Å². The summed E-state index contributed by atoms with van der Waals surface area (Å²) in [5, 5.41) is 10.8. The second-order valence-electron chi connectivity index (χ2n) is 5.85. The van der Waals surface area contributed by atoms with Gasteiger partial charge in [0.2, 0.25) is 0 Å². The summed E-state index contributed by atoms with van der Waals surface area (Å²) < 4.78 is 5.29. The van der Waals surface area contributed by atoms with Gasteiger partial charge in [-0.15, -0.1) is 0 Å². The van der Waals surface area contributed by atoms with Crippen molar-refractivity contribution < 1.29 is 9.84 Å². The van der Waals surface area contributed by atoms with Crippen LogP contribution in [0.2, 0.25) is 0 Å². The van der Waals surface area contributed by atoms with E-state index >= 15 is 0 Å². The Morgan fingerprint density at radius 2 is 2.00 bits per heavy atom. The van der Waals surface area contributed by atoms with Gasteiger partial charge in [0.25, 0.3) is 0 Å². The van der Waals surface area contributed by atoms with Gasteiger partial charge in [-0.1, -0.05) is 36.4 Å². The first-order chi connectivity index (χ1) is 10.3. The zero-order valence-electron chi connectivity index (χ0n) is 12.5. The molecule has 0 unspecified atom stereocenters. The Labute approximate surface area is 126 Å². The third-order valence-corrected chi connectivity index (χ3v) is 4.47. The van der Waals surface area contributed by atoms with Crippen LogP contribution in [0.5, 0.6) is 5.75 Å². The van der Waals surface area contributed by atoms with Crippen molar-refractivity contribution >= 4 is 0 Å².